The minimum atomic E-state index is -0.334. The van der Waals surface area contributed by atoms with Crippen molar-refractivity contribution >= 4 is 0 Å². The molecule has 82 valence electrons. The second-order valence-electron chi connectivity index (χ2n) is 4.04. The normalized spacial score (nSPS) is 14.1. The Hall–Kier alpha value is -1.84. The smallest absolute Gasteiger partial charge is 0.274 e. The van der Waals surface area contributed by atoms with Gasteiger partial charge in [-0.25, -0.2) is 9.07 Å². The minimum Gasteiger partial charge on any atom is -0.295 e. The molecule has 2 aromatic rings. The van der Waals surface area contributed by atoms with Crippen molar-refractivity contribution < 1.29 is 4.39 Å². The Balaban J connectivity index is 2.18. The lowest BCUT2D eigenvalue weighted by atomic mass is 10.3. The quantitative estimate of drug-likeness (QED) is 0.778. The summed E-state index contributed by atoms with van der Waals surface area (Å²) in [6.07, 6.45) is 2.76. The maximum atomic E-state index is 13.1. The summed E-state index contributed by atoms with van der Waals surface area (Å²) in [4.78, 5) is 12.0. The van der Waals surface area contributed by atoms with Crippen LogP contribution in [0.1, 0.15) is 17.7 Å². The van der Waals surface area contributed by atoms with E-state index in [1.165, 1.54) is 16.8 Å². The zero-order valence-corrected chi connectivity index (χ0v) is 8.66. The number of hydrogen-bond acceptors (Lipinski definition) is 1. The van der Waals surface area contributed by atoms with Gasteiger partial charge in [-0.05, 0) is 37.5 Å². The molecule has 0 spiro atoms. The van der Waals surface area contributed by atoms with Gasteiger partial charge < -0.3 is 0 Å². The van der Waals surface area contributed by atoms with E-state index in [-0.39, 0.29) is 11.4 Å². The molecule has 0 unspecified atom stereocenters. The molecule has 1 heterocycles. The van der Waals surface area contributed by atoms with Gasteiger partial charge in [-0.1, -0.05) is 6.07 Å². The molecular formula is C12H11FN2O. The summed E-state index contributed by atoms with van der Waals surface area (Å²) in [5, 5.41) is 3.04. The predicted octanol–water partition coefficient (Wildman–Crippen LogP) is 1.79. The molecule has 0 fully saturated rings. The van der Waals surface area contributed by atoms with Crippen LogP contribution in [0.2, 0.25) is 0 Å². The summed E-state index contributed by atoms with van der Waals surface area (Å²) in [6, 6.07) is 6.04. The van der Waals surface area contributed by atoms with Gasteiger partial charge >= 0.3 is 0 Å². The maximum absolute atomic E-state index is 13.1. The van der Waals surface area contributed by atoms with Crippen molar-refractivity contribution in [3.05, 3.63) is 51.7 Å². The third-order valence-electron chi connectivity index (χ3n) is 2.99. The fourth-order valence-corrected chi connectivity index (χ4v) is 2.22. The van der Waals surface area contributed by atoms with E-state index in [4.69, 9.17) is 0 Å². The minimum absolute atomic E-state index is 0.0434. The van der Waals surface area contributed by atoms with Crippen molar-refractivity contribution in [3.63, 3.8) is 0 Å². The first-order valence-electron chi connectivity index (χ1n) is 5.34. The van der Waals surface area contributed by atoms with E-state index in [2.05, 4.69) is 5.10 Å². The third-order valence-corrected chi connectivity index (χ3v) is 2.99. The zero-order valence-electron chi connectivity index (χ0n) is 8.66. The molecule has 1 N–H and O–H groups in total. The van der Waals surface area contributed by atoms with Crippen LogP contribution in [0.5, 0.6) is 0 Å². The monoisotopic (exact) mass is 218 g/mol. The van der Waals surface area contributed by atoms with Gasteiger partial charge in [0, 0.05) is 11.3 Å². The van der Waals surface area contributed by atoms with Gasteiger partial charge in [0.1, 0.15) is 5.82 Å². The summed E-state index contributed by atoms with van der Waals surface area (Å²) < 4.78 is 14.5. The molecule has 0 amide bonds. The largest absolute Gasteiger partial charge is 0.295 e. The van der Waals surface area contributed by atoms with Gasteiger partial charge in [-0.15, -0.1) is 0 Å². The molecule has 0 saturated heterocycles. The third kappa shape index (κ3) is 1.30. The first kappa shape index (κ1) is 9.39. The standard InChI is InChI=1S/C12H11FN2O/c13-8-3-1-4-9(7-8)15-12(16)10-5-2-6-11(10)14-15/h1,3-4,7,14H,2,5-6H2. The highest BCUT2D eigenvalue weighted by atomic mass is 19.1. The molecule has 0 atom stereocenters. The van der Waals surface area contributed by atoms with Gasteiger partial charge in [-0.2, -0.15) is 0 Å². The number of aryl methyl sites for hydroxylation is 1. The molecule has 1 aromatic heterocycles. The number of aromatic amines is 1. The summed E-state index contributed by atoms with van der Waals surface area (Å²) in [5.74, 6) is -0.334. The molecule has 1 aliphatic carbocycles. The molecule has 0 saturated carbocycles. The van der Waals surface area contributed by atoms with Crippen molar-refractivity contribution in [2.75, 3.05) is 0 Å². The number of hydrogen-bond donors (Lipinski definition) is 1. The lowest BCUT2D eigenvalue weighted by Gasteiger charge is -2.01. The van der Waals surface area contributed by atoms with Crippen LogP contribution in [0.3, 0.4) is 0 Å². The van der Waals surface area contributed by atoms with Crippen molar-refractivity contribution in [3.8, 4) is 5.69 Å². The van der Waals surface area contributed by atoms with Crippen LogP contribution < -0.4 is 5.56 Å². The average Bonchev–Trinajstić information content (AvgIpc) is 2.82. The van der Waals surface area contributed by atoms with Crippen LogP contribution >= 0.6 is 0 Å². The van der Waals surface area contributed by atoms with E-state index in [9.17, 15) is 9.18 Å². The molecule has 3 rings (SSSR count). The van der Waals surface area contributed by atoms with Crippen LogP contribution in [0.25, 0.3) is 5.69 Å². The van der Waals surface area contributed by atoms with E-state index in [1.807, 2.05) is 0 Å². The molecular weight excluding hydrogens is 207 g/mol. The fourth-order valence-electron chi connectivity index (χ4n) is 2.22. The number of nitrogens with one attached hydrogen (secondary N) is 1. The second kappa shape index (κ2) is 3.33. The summed E-state index contributed by atoms with van der Waals surface area (Å²) in [7, 11) is 0. The first-order valence-corrected chi connectivity index (χ1v) is 5.34. The van der Waals surface area contributed by atoms with Crippen LogP contribution in [0.4, 0.5) is 4.39 Å². The number of fused-ring (bicyclic) bond motifs is 1. The lowest BCUT2D eigenvalue weighted by Crippen LogP contribution is -2.17. The molecule has 0 aliphatic heterocycles. The topological polar surface area (TPSA) is 37.8 Å². The maximum Gasteiger partial charge on any atom is 0.274 e. The van der Waals surface area contributed by atoms with E-state index in [0.717, 1.165) is 30.5 Å². The van der Waals surface area contributed by atoms with E-state index < -0.39 is 0 Å². The number of halogens is 1. The Kier molecular flexibility index (Phi) is 1.96. The summed E-state index contributed by atoms with van der Waals surface area (Å²) in [6.45, 7) is 0. The summed E-state index contributed by atoms with van der Waals surface area (Å²) >= 11 is 0. The van der Waals surface area contributed by atoms with E-state index in [0.29, 0.717) is 5.69 Å². The van der Waals surface area contributed by atoms with Crippen molar-refractivity contribution in [2.45, 2.75) is 19.3 Å². The molecule has 4 heteroatoms. The Labute approximate surface area is 91.5 Å². The molecule has 3 nitrogen and oxygen atoms in total. The number of H-pyrrole nitrogens is 1. The number of rotatable bonds is 1. The van der Waals surface area contributed by atoms with Crippen LogP contribution in [-0.2, 0) is 12.8 Å². The van der Waals surface area contributed by atoms with Gasteiger partial charge in [0.05, 0.1) is 5.69 Å². The Morgan fingerprint density at radius 1 is 1.31 bits per heavy atom. The van der Waals surface area contributed by atoms with Gasteiger partial charge in [0.25, 0.3) is 5.56 Å². The Morgan fingerprint density at radius 3 is 2.94 bits per heavy atom. The van der Waals surface area contributed by atoms with Gasteiger partial charge in [-0.3, -0.25) is 9.89 Å². The highest BCUT2D eigenvalue weighted by molar-refractivity contribution is 5.34. The van der Waals surface area contributed by atoms with E-state index in [1.54, 1.807) is 12.1 Å². The van der Waals surface area contributed by atoms with Crippen LogP contribution in [0.15, 0.2) is 29.1 Å². The van der Waals surface area contributed by atoms with E-state index >= 15 is 0 Å². The predicted molar refractivity (Wildman–Crippen MR) is 58.4 cm³/mol. The first-order chi connectivity index (χ1) is 7.75. The highest BCUT2D eigenvalue weighted by Gasteiger charge is 2.19. The molecule has 16 heavy (non-hydrogen) atoms. The van der Waals surface area contributed by atoms with Crippen LogP contribution in [0, 0.1) is 5.82 Å². The molecule has 0 bridgehead atoms. The number of benzene rings is 1. The molecule has 0 radical (unpaired) electrons. The molecule has 1 aliphatic rings. The van der Waals surface area contributed by atoms with Crippen molar-refractivity contribution in [1.29, 1.82) is 0 Å². The summed E-state index contributed by atoms with van der Waals surface area (Å²) in [5.41, 5.74) is 2.36. The van der Waals surface area contributed by atoms with Gasteiger partial charge in [0.2, 0.25) is 0 Å². The average molecular weight is 218 g/mol. The Morgan fingerprint density at radius 2 is 2.19 bits per heavy atom. The number of aromatic nitrogens is 2. The van der Waals surface area contributed by atoms with Gasteiger partial charge in [0.15, 0.2) is 0 Å². The van der Waals surface area contributed by atoms with Crippen molar-refractivity contribution in [1.82, 2.24) is 9.78 Å². The SMILES string of the molecule is O=c1c2c([nH]n1-c1cccc(F)c1)CCC2. The second-order valence-corrected chi connectivity index (χ2v) is 4.04. The molecule has 1 aromatic carbocycles. The lowest BCUT2D eigenvalue weighted by molar-refractivity contribution is 0.624. The number of nitrogens with zero attached hydrogens (tertiary/aromatic N) is 1. The van der Waals surface area contributed by atoms with Crippen molar-refractivity contribution in [2.24, 2.45) is 0 Å². The fraction of sp³-hybridized carbons (Fsp3) is 0.250. The van der Waals surface area contributed by atoms with Crippen LogP contribution in [-0.4, -0.2) is 9.78 Å². The Bertz CT molecular complexity index is 597. The highest BCUT2D eigenvalue weighted by Crippen LogP contribution is 2.17. The zero-order chi connectivity index (χ0) is 11.1.